The van der Waals surface area contributed by atoms with Crippen molar-refractivity contribution >= 4 is 23.6 Å². The van der Waals surface area contributed by atoms with E-state index in [1.807, 2.05) is 18.2 Å². The van der Waals surface area contributed by atoms with E-state index in [4.69, 9.17) is 11.6 Å². The van der Waals surface area contributed by atoms with Crippen molar-refractivity contribution < 1.29 is 9.90 Å². The van der Waals surface area contributed by atoms with Crippen molar-refractivity contribution in [3.05, 3.63) is 40.9 Å². The van der Waals surface area contributed by atoms with Gasteiger partial charge in [-0.25, -0.2) is 0 Å². The predicted octanol–water partition coefficient (Wildman–Crippen LogP) is 1.56. The van der Waals surface area contributed by atoms with Crippen LogP contribution in [0, 0.1) is 0 Å². The van der Waals surface area contributed by atoms with Gasteiger partial charge in [-0.15, -0.1) is 0 Å². The molecule has 2 saturated heterocycles. The van der Waals surface area contributed by atoms with Crippen LogP contribution >= 0.6 is 11.6 Å². The molecule has 1 N–H and O–H groups in total. The van der Waals surface area contributed by atoms with E-state index in [1.165, 1.54) is 0 Å². The van der Waals surface area contributed by atoms with E-state index in [2.05, 4.69) is 16.8 Å². The molecule has 2 aliphatic rings. The van der Waals surface area contributed by atoms with Crippen molar-refractivity contribution in [3.8, 4) is 0 Å². The molecule has 0 saturated carbocycles. The molecule has 0 radical (unpaired) electrons. The number of likely N-dealkylation sites (tertiary alicyclic amines) is 1. The number of piperidine rings is 1. The first-order valence-electron chi connectivity index (χ1n) is 8.86. The smallest absolute Gasteiger partial charge is 0.246 e. The SMILES string of the molecule is CN1CCN([C@@H]2CCN(C(=O)C=Cc3cccc(Cl)c3)C[C@H]2O)CC1. The summed E-state index contributed by atoms with van der Waals surface area (Å²) in [6.07, 6.45) is 3.67. The first-order valence-corrected chi connectivity index (χ1v) is 9.24. The van der Waals surface area contributed by atoms with Crippen LogP contribution in [0.5, 0.6) is 0 Å². The lowest BCUT2D eigenvalue weighted by atomic mass is 9.99. The Balaban J connectivity index is 1.54. The van der Waals surface area contributed by atoms with E-state index in [9.17, 15) is 9.90 Å². The number of hydrogen-bond donors (Lipinski definition) is 1. The van der Waals surface area contributed by atoms with Crippen LogP contribution in [-0.4, -0.2) is 84.2 Å². The maximum atomic E-state index is 12.4. The summed E-state index contributed by atoms with van der Waals surface area (Å²) in [6, 6.07) is 7.55. The molecule has 0 aromatic heterocycles. The maximum absolute atomic E-state index is 12.4. The molecule has 1 amide bonds. The van der Waals surface area contributed by atoms with Crippen molar-refractivity contribution in [1.82, 2.24) is 14.7 Å². The number of carbonyl (C=O) groups is 1. The Labute approximate surface area is 154 Å². The molecular weight excluding hydrogens is 338 g/mol. The maximum Gasteiger partial charge on any atom is 0.246 e. The number of amides is 1. The number of aliphatic hydroxyl groups is 1. The van der Waals surface area contributed by atoms with Gasteiger partial charge in [0.05, 0.1) is 6.10 Å². The number of piperazine rings is 1. The Morgan fingerprint density at radius 2 is 2.00 bits per heavy atom. The summed E-state index contributed by atoms with van der Waals surface area (Å²) in [4.78, 5) is 18.8. The highest BCUT2D eigenvalue weighted by molar-refractivity contribution is 6.30. The van der Waals surface area contributed by atoms with Crippen LogP contribution in [0.1, 0.15) is 12.0 Å². The number of rotatable bonds is 3. The van der Waals surface area contributed by atoms with E-state index in [-0.39, 0.29) is 11.9 Å². The second-order valence-electron chi connectivity index (χ2n) is 6.94. The number of likely N-dealkylation sites (N-methyl/N-ethyl adjacent to an activating group) is 1. The van der Waals surface area contributed by atoms with Crippen molar-refractivity contribution in [2.75, 3.05) is 46.3 Å². The van der Waals surface area contributed by atoms with Crippen molar-refractivity contribution in [2.24, 2.45) is 0 Å². The van der Waals surface area contributed by atoms with E-state index in [1.54, 1.807) is 23.1 Å². The summed E-state index contributed by atoms with van der Waals surface area (Å²) in [6.45, 7) is 5.13. The lowest BCUT2D eigenvalue weighted by Crippen LogP contribution is -2.58. The molecule has 3 rings (SSSR count). The minimum absolute atomic E-state index is 0.0594. The normalized spacial score (nSPS) is 26.3. The third kappa shape index (κ3) is 4.82. The molecule has 1 aromatic rings. The fourth-order valence-corrected chi connectivity index (χ4v) is 3.78. The lowest BCUT2D eigenvalue weighted by Gasteiger charge is -2.44. The molecule has 2 aliphatic heterocycles. The Bertz CT molecular complexity index is 629. The van der Waals surface area contributed by atoms with Gasteiger partial charge in [0.1, 0.15) is 0 Å². The van der Waals surface area contributed by atoms with Crippen LogP contribution in [0.3, 0.4) is 0 Å². The number of β-amino-alcohol motifs (C(OH)–C–C–N with tert-alkyl or cyclic N) is 1. The second kappa shape index (κ2) is 8.32. The van der Waals surface area contributed by atoms with Gasteiger partial charge in [0.15, 0.2) is 0 Å². The Morgan fingerprint density at radius 3 is 2.68 bits per heavy atom. The molecule has 1 aromatic carbocycles. The standard InChI is InChI=1S/C19H26ClN3O2/c1-21-9-11-22(12-10-21)17-7-8-23(14-18(17)24)19(25)6-5-15-3-2-4-16(20)13-15/h2-6,13,17-18,24H,7-12,14H2,1H3/t17-,18-/m1/s1. The van der Waals surface area contributed by atoms with Gasteiger partial charge >= 0.3 is 0 Å². The highest BCUT2D eigenvalue weighted by Gasteiger charge is 2.34. The quantitative estimate of drug-likeness (QED) is 0.828. The van der Waals surface area contributed by atoms with Gasteiger partial charge in [-0.1, -0.05) is 23.7 Å². The van der Waals surface area contributed by atoms with E-state index in [0.29, 0.717) is 18.1 Å². The number of nitrogens with zero attached hydrogens (tertiary/aromatic N) is 3. The summed E-state index contributed by atoms with van der Waals surface area (Å²) >= 11 is 5.96. The highest BCUT2D eigenvalue weighted by atomic mass is 35.5. The molecule has 2 atom stereocenters. The molecule has 0 bridgehead atoms. The van der Waals surface area contributed by atoms with Gasteiger partial charge in [-0.2, -0.15) is 0 Å². The molecule has 2 heterocycles. The molecule has 5 nitrogen and oxygen atoms in total. The predicted molar refractivity (Wildman–Crippen MR) is 101 cm³/mol. The monoisotopic (exact) mass is 363 g/mol. The first kappa shape index (κ1) is 18.4. The second-order valence-corrected chi connectivity index (χ2v) is 7.37. The average molecular weight is 364 g/mol. The summed E-state index contributed by atoms with van der Waals surface area (Å²) in [5.41, 5.74) is 0.897. The summed E-state index contributed by atoms with van der Waals surface area (Å²) in [5, 5.41) is 11.2. The van der Waals surface area contributed by atoms with Gasteiger partial charge in [0, 0.05) is 56.4 Å². The number of carbonyl (C=O) groups excluding carboxylic acids is 1. The van der Waals surface area contributed by atoms with Crippen LogP contribution in [0.15, 0.2) is 30.3 Å². The minimum Gasteiger partial charge on any atom is -0.390 e. The van der Waals surface area contributed by atoms with Crippen molar-refractivity contribution in [2.45, 2.75) is 18.6 Å². The average Bonchev–Trinajstić information content (AvgIpc) is 2.60. The first-order chi connectivity index (χ1) is 12.0. The van der Waals surface area contributed by atoms with E-state index in [0.717, 1.165) is 38.2 Å². The molecule has 0 unspecified atom stereocenters. The van der Waals surface area contributed by atoms with Gasteiger partial charge in [-0.3, -0.25) is 9.69 Å². The van der Waals surface area contributed by atoms with Crippen molar-refractivity contribution in [1.29, 1.82) is 0 Å². The van der Waals surface area contributed by atoms with Crippen LogP contribution in [0.25, 0.3) is 6.08 Å². The van der Waals surface area contributed by atoms with E-state index >= 15 is 0 Å². The fourth-order valence-electron chi connectivity index (χ4n) is 3.58. The topological polar surface area (TPSA) is 47.0 Å². The summed E-state index contributed by atoms with van der Waals surface area (Å²) in [7, 11) is 2.13. The third-order valence-corrected chi connectivity index (χ3v) is 5.37. The van der Waals surface area contributed by atoms with Crippen LogP contribution < -0.4 is 0 Å². The summed E-state index contributed by atoms with van der Waals surface area (Å²) in [5.74, 6) is -0.0594. The van der Waals surface area contributed by atoms with Gasteiger partial charge in [0.2, 0.25) is 5.91 Å². The molecule has 136 valence electrons. The molecule has 2 fully saturated rings. The number of aliphatic hydroxyl groups excluding tert-OH is 1. The molecule has 0 aliphatic carbocycles. The van der Waals surface area contributed by atoms with E-state index < -0.39 is 6.10 Å². The zero-order valence-electron chi connectivity index (χ0n) is 14.6. The van der Waals surface area contributed by atoms with Crippen LogP contribution in [-0.2, 0) is 4.79 Å². The largest absolute Gasteiger partial charge is 0.390 e. The van der Waals surface area contributed by atoms with Crippen LogP contribution in [0.2, 0.25) is 5.02 Å². The zero-order valence-corrected chi connectivity index (χ0v) is 15.4. The minimum atomic E-state index is -0.485. The fraction of sp³-hybridized carbons (Fsp3) is 0.526. The van der Waals surface area contributed by atoms with Crippen LogP contribution in [0.4, 0.5) is 0 Å². The summed E-state index contributed by atoms with van der Waals surface area (Å²) < 4.78 is 0. The van der Waals surface area contributed by atoms with Crippen molar-refractivity contribution in [3.63, 3.8) is 0 Å². The lowest BCUT2D eigenvalue weighted by molar-refractivity contribution is -0.131. The molecule has 6 heteroatoms. The number of benzene rings is 1. The Hall–Kier alpha value is -1.40. The zero-order chi connectivity index (χ0) is 17.8. The Kier molecular flexibility index (Phi) is 6.12. The third-order valence-electron chi connectivity index (χ3n) is 5.13. The number of halogens is 1. The molecule has 0 spiro atoms. The van der Waals surface area contributed by atoms with Gasteiger partial charge in [-0.05, 0) is 37.2 Å². The molecule has 25 heavy (non-hydrogen) atoms. The van der Waals surface area contributed by atoms with Gasteiger partial charge in [0.25, 0.3) is 0 Å². The Morgan fingerprint density at radius 1 is 1.24 bits per heavy atom. The number of hydrogen-bond acceptors (Lipinski definition) is 4. The highest BCUT2D eigenvalue weighted by Crippen LogP contribution is 2.19. The molecular formula is C19H26ClN3O2. The van der Waals surface area contributed by atoms with Gasteiger partial charge < -0.3 is 14.9 Å².